The van der Waals surface area contributed by atoms with E-state index in [2.05, 4.69) is 4.98 Å². The number of carbonyl (C=O) groups is 2. The van der Waals surface area contributed by atoms with E-state index in [-0.39, 0.29) is 28.7 Å². The molecule has 1 aromatic carbocycles. The number of nitrogen functional groups attached to an aromatic ring is 1. The second kappa shape index (κ2) is 8.57. The van der Waals surface area contributed by atoms with Gasteiger partial charge in [-0.05, 0) is 24.1 Å². The maximum absolute atomic E-state index is 12.7. The van der Waals surface area contributed by atoms with E-state index in [4.69, 9.17) is 10.5 Å². The lowest BCUT2D eigenvalue weighted by molar-refractivity contribution is -0.384. The van der Waals surface area contributed by atoms with Crippen LogP contribution in [0.1, 0.15) is 30.6 Å². The molecule has 2 atom stereocenters. The first-order chi connectivity index (χ1) is 13.3. The number of benzene rings is 1. The van der Waals surface area contributed by atoms with Crippen LogP contribution in [0.4, 0.5) is 15.6 Å². The molecule has 1 aliphatic rings. The number of hydrogen-bond acceptors (Lipinski definition) is 9. The van der Waals surface area contributed by atoms with Crippen LogP contribution in [0.2, 0.25) is 0 Å². The SMILES string of the molecule is CC(=O)S[C@H]1C[C@@H](c2csc(N)n2)N(C(=O)OCc2ccc([N+](=O)[O-])cc2)C1. The van der Waals surface area contributed by atoms with Gasteiger partial charge in [-0.25, -0.2) is 9.78 Å². The highest BCUT2D eigenvalue weighted by Crippen LogP contribution is 2.38. The Morgan fingerprint density at radius 2 is 2.14 bits per heavy atom. The third-order valence-electron chi connectivity index (χ3n) is 4.22. The molecule has 0 unspecified atom stereocenters. The van der Waals surface area contributed by atoms with Gasteiger partial charge in [-0.2, -0.15) is 0 Å². The Hall–Kier alpha value is -2.66. The van der Waals surface area contributed by atoms with Crippen LogP contribution in [0.3, 0.4) is 0 Å². The number of hydrogen-bond donors (Lipinski definition) is 1. The first-order valence-corrected chi connectivity index (χ1v) is 10.1. The maximum atomic E-state index is 12.7. The zero-order chi connectivity index (χ0) is 20.3. The van der Waals surface area contributed by atoms with Gasteiger partial charge in [0.25, 0.3) is 5.69 Å². The number of rotatable bonds is 5. The standard InChI is InChI=1S/C17H18N4O5S2/c1-10(22)28-13-6-15(14-9-27-16(18)19-14)20(7-13)17(23)26-8-11-2-4-12(5-3-11)21(24)25/h2-5,9,13,15H,6-8H2,1H3,(H2,18,19)/t13-,15-/m0/s1. The van der Waals surface area contributed by atoms with Crippen LogP contribution in [0.5, 0.6) is 0 Å². The van der Waals surface area contributed by atoms with Crippen LogP contribution in [0.25, 0.3) is 0 Å². The van der Waals surface area contributed by atoms with Crippen molar-refractivity contribution in [3.05, 3.63) is 51.0 Å². The van der Waals surface area contributed by atoms with Crippen molar-refractivity contribution in [2.45, 2.75) is 31.2 Å². The summed E-state index contributed by atoms with van der Waals surface area (Å²) in [7, 11) is 0. The number of nitro benzene ring substituents is 1. The lowest BCUT2D eigenvalue weighted by Crippen LogP contribution is -2.32. The Balaban J connectivity index is 1.68. The van der Waals surface area contributed by atoms with Gasteiger partial charge in [0, 0.05) is 36.2 Å². The van der Waals surface area contributed by atoms with Crippen molar-refractivity contribution in [1.29, 1.82) is 0 Å². The van der Waals surface area contributed by atoms with Crippen molar-refractivity contribution in [2.75, 3.05) is 12.3 Å². The van der Waals surface area contributed by atoms with Crippen molar-refractivity contribution in [2.24, 2.45) is 0 Å². The van der Waals surface area contributed by atoms with E-state index < -0.39 is 11.0 Å². The van der Waals surface area contributed by atoms with Gasteiger partial charge in [0.1, 0.15) is 6.61 Å². The third kappa shape index (κ3) is 4.78. The molecule has 0 saturated carbocycles. The quantitative estimate of drug-likeness (QED) is 0.573. The largest absolute Gasteiger partial charge is 0.445 e. The fraction of sp³-hybridized carbons (Fsp3) is 0.353. The normalized spacial score (nSPS) is 18.8. The number of nitro groups is 1. The number of ether oxygens (including phenoxy) is 1. The van der Waals surface area contributed by atoms with Crippen molar-refractivity contribution in [3.63, 3.8) is 0 Å². The summed E-state index contributed by atoms with van der Waals surface area (Å²) in [6, 6.07) is 5.50. The first kappa shape index (κ1) is 20.1. The molecule has 2 aromatic rings. The molecule has 0 bridgehead atoms. The molecular weight excluding hydrogens is 404 g/mol. The maximum Gasteiger partial charge on any atom is 0.410 e. The topological polar surface area (TPSA) is 129 Å². The highest BCUT2D eigenvalue weighted by Gasteiger charge is 2.39. The first-order valence-electron chi connectivity index (χ1n) is 8.38. The molecule has 2 N–H and O–H groups in total. The Morgan fingerprint density at radius 3 is 2.71 bits per heavy atom. The van der Waals surface area contributed by atoms with Crippen LogP contribution in [-0.4, -0.2) is 37.8 Å². The smallest absolute Gasteiger partial charge is 0.410 e. The van der Waals surface area contributed by atoms with Crippen molar-refractivity contribution < 1.29 is 19.2 Å². The average Bonchev–Trinajstić information content (AvgIpc) is 3.25. The minimum Gasteiger partial charge on any atom is -0.445 e. The molecule has 0 aliphatic carbocycles. The summed E-state index contributed by atoms with van der Waals surface area (Å²) >= 11 is 2.49. The molecule has 148 valence electrons. The number of likely N-dealkylation sites (tertiary alicyclic amines) is 1. The molecule has 3 rings (SSSR count). The van der Waals surface area contributed by atoms with Gasteiger partial charge < -0.3 is 10.5 Å². The van der Waals surface area contributed by atoms with Crippen molar-refractivity contribution in [3.8, 4) is 0 Å². The number of amides is 1. The van der Waals surface area contributed by atoms with E-state index in [1.54, 1.807) is 22.4 Å². The van der Waals surface area contributed by atoms with Gasteiger partial charge >= 0.3 is 6.09 Å². The molecule has 1 amide bonds. The van der Waals surface area contributed by atoms with E-state index in [0.29, 0.717) is 29.4 Å². The van der Waals surface area contributed by atoms with Crippen LogP contribution in [0, 0.1) is 10.1 Å². The second-order valence-electron chi connectivity index (χ2n) is 6.22. The number of thiazole rings is 1. The molecule has 1 fully saturated rings. The zero-order valence-electron chi connectivity index (χ0n) is 14.9. The Morgan fingerprint density at radius 1 is 1.43 bits per heavy atom. The van der Waals surface area contributed by atoms with Gasteiger partial charge in [0.05, 0.1) is 16.7 Å². The van der Waals surface area contributed by atoms with Crippen molar-refractivity contribution >= 4 is 45.1 Å². The van der Waals surface area contributed by atoms with Gasteiger partial charge in [-0.15, -0.1) is 11.3 Å². The average molecular weight is 422 g/mol. The molecule has 1 aromatic heterocycles. The summed E-state index contributed by atoms with van der Waals surface area (Å²) in [6.45, 7) is 1.85. The van der Waals surface area contributed by atoms with E-state index in [0.717, 1.165) is 0 Å². The zero-order valence-corrected chi connectivity index (χ0v) is 16.6. The Labute approximate surface area is 169 Å². The van der Waals surface area contributed by atoms with E-state index in [1.807, 2.05) is 0 Å². The third-order valence-corrected chi connectivity index (χ3v) is 5.92. The predicted octanol–water partition coefficient (Wildman–Crippen LogP) is 3.37. The lowest BCUT2D eigenvalue weighted by atomic mass is 10.2. The summed E-state index contributed by atoms with van der Waals surface area (Å²) in [6.07, 6.45) is 0.0571. The lowest BCUT2D eigenvalue weighted by Gasteiger charge is -2.22. The number of aromatic nitrogens is 1. The fourth-order valence-electron chi connectivity index (χ4n) is 3.00. The predicted molar refractivity (Wildman–Crippen MR) is 106 cm³/mol. The summed E-state index contributed by atoms with van der Waals surface area (Å²) in [5.41, 5.74) is 7.01. The molecule has 11 heteroatoms. The minimum atomic E-state index is -0.526. The van der Waals surface area contributed by atoms with Crippen LogP contribution < -0.4 is 5.73 Å². The van der Waals surface area contributed by atoms with Gasteiger partial charge in [0.2, 0.25) is 0 Å². The van der Waals surface area contributed by atoms with E-state index >= 15 is 0 Å². The monoisotopic (exact) mass is 422 g/mol. The minimum absolute atomic E-state index is 0.0101. The van der Waals surface area contributed by atoms with E-state index in [9.17, 15) is 19.7 Å². The number of carbonyl (C=O) groups excluding carboxylic acids is 2. The molecule has 28 heavy (non-hydrogen) atoms. The number of non-ortho nitro benzene ring substituents is 1. The fourth-order valence-corrected chi connectivity index (χ4v) is 4.59. The molecule has 1 saturated heterocycles. The summed E-state index contributed by atoms with van der Waals surface area (Å²) in [5, 5.41) is 12.9. The Kier molecular flexibility index (Phi) is 6.15. The highest BCUT2D eigenvalue weighted by molar-refractivity contribution is 8.14. The molecule has 2 heterocycles. The van der Waals surface area contributed by atoms with Crippen molar-refractivity contribution in [1.82, 2.24) is 9.88 Å². The van der Waals surface area contributed by atoms with Gasteiger partial charge in [0.15, 0.2) is 10.2 Å². The summed E-state index contributed by atoms with van der Waals surface area (Å²) < 4.78 is 5.39. The number of nitrogens with two attached hydrogens (primary N) is 1. The Bertz CT molecular complexity index is 886. The molecule has 1 aliphatic heterocycles. The molecular formula is C17H18N4O5S2. The highest BCUT2D eigenvalue weighted by atomic mass is 32.2. The number of thioether (sulfide) groups is 1. The molecule has 0 radical (unpaired) electrons. The van der Waals surface area contributed by atoms with Gasteiger partial charge in [-0.3, -0.25) is 19.8 Å². The van der Waals surface area contributed by atoms with Crippen LogP contribution in [-0.2, 0) is 16.1 Å². The molecule has 0 spiro atoms. The number of nitrogens with zero attached hydrogens (tertiary/aromatic N) is 3. The van der Waals surface area contributed by atoms with Crippen LogP contribution >= 0.6 is 23.1 Å². The molecule has 9 nitrogen and oxygen atoms in total. The van der Waals surface area contributed by atoms with Crippen LogP contribution in [0.15, 0.2) is 29.6 Å². The second-order valence-corrected chi connectivity index (χ2v) is 8.59. The summed E-state index contributed by atoms with van der Waals surface area (Å²) in [4.78, 5) is 40.2. The summed E-state index contributed by atoms with van der Waals surface area (Å²) in [5.74, 6) is 0. The number of anilines is 1. The van der Waals surface area contributed by atoms with Gasteiger partial charge in [-0.1, -0.05) is 11.8 Å². The van der Waals surface area contributed by atoms with E-state index in [1.165, 1.54) is 42.2 Å².